The summed E-state index contributed by atoms with van der Waals surface area (Å²) >= 11 is 0. The van der Waals surface area contributed by atoms with Crippen LogP contribution in [0.5, 0.6) is 5.75 Å². The number of sulfonamides is 1. The Balaban J connectivity index is 0.00000146. The van der Waals surface area contributed by atoms with Crippen LogP contribution in [0.15, 0.2) is 18.2 Å². The largest absolute Gasteiger partial charge is 0.490 e. The highest BCUT2D eigenvalue weighted by Crippen LogP contribution is 2.36. The van der Waals surface area contributed by atoms with E-state index in [1.807, 2.05) is 27.7 Å². The average Bonchev–Trinajstić information content (AvgIpc) is 2.59. The molecule has 0 aromatic heterocycles. The van der Waals surface area contributed by atoms with Gasteiger partial charge in [-0.1, -0.05) is 33.8 Å². The summed E-state index contributed by atoms with van der Waals surface area (Å²) in [5.74, 6) is 0.202. The van der Waals surface area contributed by atoms with E-state index in [0.29, 0.717) is 25.9 Å². The molecular weight excluding hydrogens is 367 g/mol. The number of hydrogen-bond acceptors (Lipinski definition) is 3. The van der Waals surface area contributed by atoms with Crippen LogP contribution in [0.4, 0.5) is 13.2 Å². The van der Waals surface area contributed by atoms with Gasteiger partial charge in [0.15, 0.2) is 0 Å². The second-order valence-corrected chi connectivity index (χ2v) is 7.39. The van der Waals surface area contributed by atoms with Gasteiger partial charge in [-0.15, -0.1) is 0 Å². The maximum Gasteiger partial charge on any atom is 0.416 e. The van der Waals surface area contributed by atoms with E-state index in [4.69, 9.17) is 4.74 Å². The van der Waals surface area contributed by atoms with E-state index in [0.717, 1.165) is 12.3 Å². The smallest absolute Gasteiger partial charge is 0.416 e. The minimum Gasteiger partial charge on any atom is -0.490 e. The Morgan fingerprint density at radius 1 is 1.08 bits per heavy atom. The molecule has 0 amide bonds. The molecule has 4 nitrogen and oxygen atoms in total. The van der Waals surface area contributed by atoms with Gasteiger partial charge in [-0.05, 0) is 31.9 Å². The lowest BCUT2D eigenvalue weighted by molar-refractivity contribution is -0.138. The fraction of sp³-hybridized carbons (Fsp3) is 0.667. The normalized spacial score (nSPS) is 16.0. The highest BCUT2D eigenvalue weighted by molar-refractivity contribution is 7.88. The summed E-state index contributed by atoms with van der Waals surface area (Å²) in [6, 6.07) is 3.85. The molecule has 1 aromatic rings. The lowest BCUT2D eigenvalue weighted by atomic mass is 10.1. The number of halogens is 3. The second kappa shape index (κ2) is 10.8. The number of rotatable bonds is 3. The third kappa shape index (κ3) is 7.15. The van der Waals surface area contributed by atoms with Gasteiger partial charge in [0.2, 0.25) is 10.0 Å². The standard InChI is InChI=1S/C14H18F3NO3S.2C2H6/c1-10-12(14(15,16)17)4-3-5-13(10)21-11-6-8-18(9-7-11)22(2,19)20;2*1-2/h3-5,11H,6-9H2,1-2H3;2*1-2H3. The lowest BCUT2D eigenvalue weighted by Gasteiger charge is -2.31. The molecule has 1 heterocycles. The van der Waals surface area contributed by atoms with Gasteiger partial charge in [0, 0.05) is 18.7 Å². The minimum atomic E-state index is -4.41. The molecule has 0 N–H and O–H groups in total. The van der Waals surface area contributed by atoms with Gasteiger partial charge in [-0.2, -0.15) is 13.2 Å². The zero-order valence-electron chi connectivity index (χ0n) is 16.4. The third-order valence-electron chi connectivity index (χ3n) is 3.75. The molecule has 1 aliphatic rings. The van der Waals surface area contributed by atoms with E-state index in [2.05, 4.69) is 0 Å². The summed E-state index contributed by atoms with van der Waals surface area (Å²) in [4.78, 5) is 0. The van der Waals surface area contributed by atoms with E-state index in [1.165, 1.54) is 23.4 Å². The number of nitrogens with zero attached hydrogens (tertiary/aromatic N) is 1. The van der Waals surface area contributed by atoms with Crippen molar-refractivity contribution in [2.75, 3.05) is 19.3 Å². The van der Waals surface area contributed by atoms with Crippen molar-refractivity contribution in [1.29, 1.82) is 0 Å². The summed E-state index contributed by atoms with van der Waals surface area (Å²) in [5.41, 5.74) is -0.654. The van der Waals surface area contributed by atoms with E-state index in [1.54, 1.807) is 0 Å². The van der Waals surface area contributed by atoms with E-state index >= 15 is 0 Å². The SMILES string of the molecule is CC.CC.Cc1c(OC2CCN(S(C)(=O)=O)CC2)cccc1C(F)(F)F. The van der Waals surface area contributed by atoms with Crippen molar-refractivity contribution in [2.45, 2.75) is 59.7 Å². The fourth-order valence-electron chi connectivity index (χ4n) is 2.51. The van der Waals surface area contributed by atoms with Crippen LogP contribution in [0.2, 0.25) is 0 Å². The van der Waals surface area contributed by atoms with Crippen molar-refractivity contribution in [3.05, 3.63) is 29.3 Å². The number of ether oxygens (including phenoxy) is 1. The lowest BCUT2D eigenvalue weighted by Crippen LogP contribution is -2.41. The summed E-state index contributed by atoms with van der Waals surface area (Å²) in [7, 11) is -3.23. The Kier molecular flexibility index (Phi) is 10.2. The predicted octanol–water partition coefficient (Wildman–Crippen LogP) is 4.87. The average molecular weight is 398 g/mol. The molecule has 0 aliphatic carbocycles. The maximum atomic E-state index is 12.9. The molecule has 152 valence electrons. The van der Waals surface area contributed by atoms with Gasteiger partial charge in [-0.25, -0.2) is 12.7 Å². The Labute approximate surface area is 155 Å². The van der Waals surface area contributed by atoms with Gasteiger partial charge in [0.05, 0.1) is 11.8 Å². The zero-order valence-corrected chi connectivity index (χ0v) is 17.2. The van der Waals surface area contributed by atoms with Crippen LogP contribution in [0, 0.1) is 6.92 Å². The topological polar surface area (TPSA) is 46.6 Å². The first-order valence-electron chi connectivity index (χ1n) is 8.87. The van der Waals surface area contributed by atoms with Crippen molar-refractivity contribution >= 4 is 10.0 Å². The highest BCUT2D eigenvalue weighted by atomic mass is 32.2. The number of alkyl halides is 3. The van der Waals surface area contributed by atoms with Crippen LogP contribution in [-0.2, 0) is 16.2 Å². The summed E-state index contributed by atoms with van der Waals surface area (Å²) in [6.45, 7) is 10.0. The third-order valence-corrected chi connectivity index (χ3v) is 5.06. The summed E-state index contributed by atoms with van der Waals surface area (Å²) in [5, 5.41) is 0. The van der Waals surface area contributed by atoms with Crippen molar-refractivity contribution in [2.24, 2.45) is 0 Å². The predicted molar refractivity (Wildman–Crippen MR) is 98.9 cm³/mol. The second-order valence-electron chi connectivity index (χ2n) is 5.41. The number of hydrogen-bond donors (Lipinski definition) is 0. The van der Waals surface area contributed by atoms with Crippen LogP contribution >= 0.6 is 0 Å². The maximum absolute atomic E-state index is 12.9. The molecule has 26 heavy (non-hydrogen) atoms. The first kappa shape index (κ1) is 24.7. The molecule has 0 radical (unpaired) electrons. The Hall–Kier alpha value is -1.28. The molecule has 1 saturated heterocycles. The van der Waals surface area contributed by atoms with E-state index < -0.39 is 21.8 Å². The molecule has 0 saturated carbocycles. The van der Waals surface area contributed by atoms with Crippen LogP contribution < -0.4 is 4.74 Å². The first-order chi connectivity index (χ1) is 12.1. The van der Waals surface area contributed by atoms with Crippen LogP contribution in [0.25, 0.3) is 0 Å². The molecule has 8 heteroatoms. The van der Waals surface area contributed by atoms with Gasteiger partial charge < -0.3 is 4.74 Å². The molecule has 1 fully saturated rings. The van der Waals surface area contributed by atoms with Crippen LogP contribution in [0.1, 0.15) is 51.7 Å². The van der Waals surface area contributed by atoms with Crippen molar-refractivity contribution in [3.8, 4) is 5.75 Å². The van der Waals surface area contributed by atoms with Crippen LogP contribution in [0.3, 0.4) is 0 Å². The van der Waals surface area contributed by atoms with Gasteiger partial charge in [0.25, 0.3) is 0 Å². The molecule has 0 atom stereocenters. The van der Waals surface area contributed by atoms with Crippen LogP contribution in [-0.4, -0.2) is 38.2 Å². The first-order valence-corrected chi connectivity index (χ1v) is 10.7. The van der Waals surface area contributed by atoms with Gasteiger partial charge >= 0.3 is 6.18 Å². The molecule has 1 aliphatic heterocycles. The van der Waals surface area contributed by atoms with E-state index in [-0.39, 0.29) is 17.4 Å². The summed E-state index contributed by atoms with van der Waals surface area (Å²) in [6.07, 6.45) is -2.63. The van der Waals surface area contributed by atoms with Crippen molar-refractivity contribution in [3.63, 3.8) is 0 Å². The molecular formula is C18H30F3NO3S. The van der Waals surface area contributed by atoms with Crippen molar-refractivity contribution in [1.82, 2.24) is 4.31 Å². The number of piperidine rings is 1. The zero-order chi connectivity index (χ0) is 20.5. The molecule has 2 rings (SSSR count). The highest BCUT2D eigenvalue weighted by Gasteiger charge is 2.34. The van der Waals surface area contributed by atoms with Gasteiger partial charge in [-0.3, -0.25) is 0 Å². The Morgan fingerprint density at radius 3 is 2.00 bits per heavy atom. The fourth-order valence-corrected chi connectivity index (χ4v) is 3.38. The monoisotopic (exact) mass is 397 g/mol. The number of benzene rings is 1. The molecule has 0 bridgehead atoms. The molecule has 0 unspecified atom stereocenters. The Morgan fingerprint density at radius 2 is 1.58 bits per heavy atom. The van der Waals surface area contributed by atoms with E-state index in [9.17, 15) is 21.6 Å². The quantitative estimate of drug-likeness (QED) is 0.731. The van der Waals surface area contributed by atoms with Crippen molar-refractivity contribution < 1.29 is 26.3 Å². The summed E-state index contributed by atoms with van der Waals surface area (Å²) < 4.78 is 68.4. The van der Waals surface area contributed by atoms with Gasteiger partial charge in [0.1, 0.15) is 11.9 Å². The minimum absolute atomic E-state index is 0.0561. The molecule has 0 spiro atoms. The Bertz CT molecular complexity index is 638. The molecule has 1 aromatic carbocycles.